The van der Waals surface area contributed by atoms with Crippen LogP contribution in [-0.2, 0) is 13.7 Å². The molecule has 1 heterocycles. The molecule has 3 nitrogen and oxygen atoms in total. The van der Waals surface area contributed by atoms with Crippen LogP contribution in [0, 0.1) is 0 Å². The molecule has 0 fully saturated rings. The fourth-order valence-electron chi connectivity index (χ4n) is 2.26. The van der Waals surface area contributed by atoms with Crippen molar-refractivity contribution in [2.45, 2.75) is 16.5 Å². The van der Waals surface area contributed by atoms with Crippen LogP contribution in [-0.4, -0.2) is 14.9 Å². The van der Waals surface area contributed by atoms with E-state index in [0.717, 1.165) is 31.2 Å². The van der Waals surface area contributed by atoms with Gasteiger partial charge in [-0.3, -0.25) is 4.68 Å². The smallest absolute Gasteiger partial charge is 0.105 e. The van der Waals surface area contributed by atoms with Crippen molar-refractivity contribution in [2.24, 2.45) is 7.05 Å². The quantitative estimate of drug-likeness (QED) is 0.730. The lowest BCUT2D eigenvalue weighted by atomic mass is 10.1. The van der Waals surface area contributed by atoms with Crippen LogP contribution in [0.5, 0.6) is 0 Å². The van der Waals surface area contributed by atoms with Crippen LogP contribution in [0.25, 0.3) is 11.3 Å². The Hall–Kier alpha value is -1.56. The summed E-state index contributed by atoms with van der Waals surface area (Å²) in [6.07, 6.45) is 0. The van der Waals surface area contributed by atoms with E-state index < -0.39 is 0 Å². The third kappa shape index (κ3) is 3.11. The lowest BCUT2D eigenvalue weighted by Gasteiger charge is -2.05. The first-order valence-corrected chi connectivity index (χ1v) is 8.45. The molecule has 3 aromatic rings. The summed E-state index contributed by atoms with van der Waals surface area (Å²) in [6, 6.07) is 18.1. The molecule has 0 radical (unpaired) electrons. The van der Waals surface area contributed by atoms with Gasteiger partial charge in [-0.25, -0.2) is 0 Å². The molecule has 1 N–H and O–H groups in total. The molecule has 2 aromatic carbocycles. The highest BCUT2D eigenvalue weighted by molar-refractivity contribution is 9.10. The topological polar surface area (TPSA) is 38.0 Å². The summed E-state index contributed by atoms with van der Waals surface area (Å²) in [5.74, 6) is 0. The Balaban J connectivity index is 2.01. The predicted octanol–water partition coefficient (Wildman–Crippen LogP) is 4.49. The second-order valence-corrected chi connectivity index (χ2v) is 6.81. The second-order valence-electron chi connectivity index (χ2n) is 4.84. The van der Waals surface area contributed by atoms with Crippen LogP contribution in [0.4, 0.5) is 0 Å². The van der Waals surface area contributed by atoms with Crippen molar-refractivity contribution in [3.8, 4) is 11.3 Å². The second kappa shape index (κ2) is 6.69. The predicted molar refractivity (Wildman–Crippen MR) is 92.8 cm³/mol. The van der Waals surface area contributed by atoms with Crippen LogP contribution < -0.4 is 0 Å². The maximum Gasteiger partial charge on any atom is 0.105 e. The van der Waals surface area contributed by atoms with Crippen LogP contribution in [0.1, 0.15) is 5.56 Å². The average molecular weight is 375 g/mol. The molecule has 0 aliphatic carbocycles. The number of rotatable bonds is 4. The number of aryl methyl sites for hydroxylation is 1. The molecule has 0 amide bonds. The Morgan fingerprint density at radius 3 is 2.41 bits per heavy atom. The number of hydrogen-bond acceptors (Lipinski definition) is 3. The molecule has 0 saturated carbocycles. The van der Waals surface area contributed by atoms with Crippen molar-refractivity contribution in [2.75, 3.05) is 0 Å². The fourth-order valence-corrected chi connectivity index (χ4v) is 3.48. The van der Waals surface area contributed by atoms with Crippen molar-refractivity contribution in [1.29, 1.82) is 0 Å². The highest BCUT2D eigenvalue weighted by Crippen LogP contribution is 2.35. The monoisotopic (exact) mass is 374 g/mol. The minimum atomic E-state index is -0.0308. The van der Waals surface area contributed by atoms with Crippen molar-refractivity contribution in [3.63, 3.8) is 0 Å². The molecule has 3 rings (SSSR count). The molecule has 0 aliphatic rings. The molecule has 0 bridgehead atoms. The molecule has 0 saturated heterocycles. The number of hydrogen-bond donors (Lipinski definition) is 1. The van der Waals surface area contributed by atoms with Gasteiger partial charge in [-0.15, -0.1) is 0 Å². The molecular formula is C17H15BrN2OS. The van der Waals surface area contributed by atoms with E-state index in [1.54, 1.807) is 11.8 Å². The lowest BCUT2D eigenvalue weighted by molar-refractivity contribution is 0.279. The standard InChI is InChI=1S/C17H15BrN2OS/c1-20-17(22-14-9-7-13(18)8-10-14)15(11-21)16(19-20)12-5-3-2-4-6-12/h2-10,21H,11H2,1H3. The summed E-state index contributed by atoms with van der Waals surface area (Å²) in [5.41, 5.74) is 2.72. The maximum atomic E-state index is 9.82. The van der Waals surface area contributed by atoms with Gasteiger partial charge in [0.2, 0.25) is 0 Å². The number of benzene rings is 2. The third-order valence-corrected chi connectivity index (χ3v) is 5.06. The van der Waals surface area contributed by atoms with E-state index in [4.69, 9.17) is 0 Å². The minimum absolute atomic E-state index is 0.0308. The first kappa shape index (κ1) is 15.3. The number of halogens is 1. The Labute approximate surface area is 142 Å². The molecule has 112 valence electrons. The minimum Gasteiger partial charge on any atom is -0.391 e. The van der Waals surface area contributed by atoms with Crippen molar-refractivity contribution >= 4 is 27.7 Å². The Morgan fingerprint density at radius 1 is 1.09 bits per heavy atom. The normalized spacial score (nSPS) is 10.9. The van der Waals surface area contributed by atoms with E-state index >= 15 is 0 Å². The zero-order valence-corrected chi connectivity index (χ0v) is 14.4. The molecule has 0 aliphatic heterocycles. The largest absolute Gasteiger partial charge is 0.391 e. The van der Waals surface area contributed by atoms with Gasteiger partial charge in [0.25, 0.3) is 0 Å². The Kier molecular flexibility index (Phi) is 4.66. The van der Waals surface area contributed by atoms with Gasteiger partial charge in [0, 0.05) is 27.5 Å². The van der Waals surface area contributed by atoms with Crippen LogP contribution >= 0.6 is 27.7 Å². The summed E-state index contributed by atoms with van der Waals surface area (Å²) < 4.78 is 2.88. The molecule has 0 unspecified atom stereocenters. The van der Waals surface area contributed by atoms with E-state index in [-0.39, 0.29) is 6.61 Å². The van der Waals surface area contributed by atoms with E-state index in [1.807, 2.05) is 66.3 Å². The maximum absolute atomic E-state index is 9.82. The Bertz CT molecular complexity index is 769. The summed E-state index contributed by atoms with van der Waals surface area (Å²) in [4.78, 5) is 1.11. The van der Waals surface area contributed by atoms with Gasteiger partial charge in [0.1, 0.15) is 5.03 Å². The van der Waals surface area contributed by atoms with Crippen molar-refractivity contribution in [3.05, 3.63) is 64.6 Å². The van der Waals surface area contributed by atoms with Crippen molar-refractivity contribution in [1.82, 2.24) is 9.78 Å². The van der Waals surface area contributed by atoms with Crippen LogP contribution in [0.3, 0.4) is 0 Å². The van der Waals surface area contributed by atoms with Gasteiger partial charge < -0.3 is 5.11 Å². The molecule has 1 aromatic heterocycles. The fraction of sp³-hybridized carbons (Fsp3) is 0.118. The lowest BCUT2D eigenvalue weighted by Crippen LogP contribution is -1.93. The summed E-state index contributed by atoms with van der Waals surface area (Å²) >= 11 is 5.05. The molecule has 0 spiro atoms. The summed E-state index contributed by atoms with van der Waals surface area (Å²) in [6.45, 7) is -0.0308. The van der Waals surface area contributed by atoms with E-state index in [0.29, 0.717) is 0 Å². The van der Waals surface area contributed by atoms with E-state index in [2.05, 4.69) is 21.0 Å². The van der Waals surface area contributed by atoms with Gasteiger partial charge in [-0.2, -0.15) is 5.10 Å². The van der Waals surface area contributed by atoms with Gasteiger partial charge in [0.05, 0.1) is 12.3 Å². The molecular weight excluding hydrogens is 360 g/mol. The highest BCUT2D eigenvalue weighted by Gasteiger charge is 2.17. The SMILES string of the molecule is Cn1nc(-c2ccccc2)c(CO)c1Sc1ccc(Br)cc1. The molecule has 5 heteroatoms. The van der Waals surface area contributed by atoms with Gasteiger partial charge >= 0.3 is 0 Å². The molecule has 0 atom stereocenters. The number of aliphatic hydroxyl groups is 1. The molecule has 22 heavy (non-hydrogen) atoms. The first-order chi connectivity index (χ1) is 10.7. The Morgan fingerprint density at radius 2 is 1.77 bits per heavy atom. The number of aromatic nitrogens is 2. The number of nitrogens with zero attached hydrogens (tertiary/aromatic N) is 2. The zero-order chi connectivity index (χ0) is 15.5. The summed E-state index contributed by atoms with van der Waals surface area (Å²) in [5, 5.41) is 15.4. The highest BCUT2D eigenvalue weighted by atomic mass is 79.9. The average Bonchev–Trinajstić information content (AvgIpc) is 2.86. The van der Waals surface area contributed by atoms with Crippen LogP contribution in [0.2, 0.25) is 0 Å². The van der Waals surface area contributed by atoms with Gasteiger partial charge in [0.15, 0.2) is 0 Å². The van der Waals surface area contributed by atoms with Gasteiger partial charge in [-0.1, -0.05) is 58.0 Å². The van der Waals surface area contributed by atoms with E-state index in [1.165, 1.54) is 0 Å². The van der Waals surface area contributed by atoms with E-state index in [9.17, 15) is 5.11 Å². The first-order valence-electron chi connectivity index (χ1n) is 6.84. The summed E-state index contributed by atoms with van der Waals surface area (Å²) in [7, 11) is 1.91. The van der Waals surface area contributed by atoms with Crippen LogP contribution in [0.15, 0.2) is 69.0 Å². The zero-order valence-electron chi connectivity index (χ0n) is 12.0. The van der Waals surface area contributed by atoms with Crippen molar-refractivity contribution < 1.29 is 5.11 Å². The van der Waals surface area contributed by atoms with Gasteiger partial charge in [-0.05, 0) is 24.3 Å². The third-order valence-electron chi connectivity index (χ3n) is 3.32. The number of aliphatic hydroxyl groups excluding tert-OH is 1.